The van der Waals surface area contributed by atoms with Crippen molar-refractivity contribution in [2.45, 2.75) is 64.0 Å². The van der Waals surface area contributed by atoms with Gasteiger partial charge < -0.3 is 5.11 Å². The molecule has 1 aromatic rings. The van der Waals surface area contributed by atoms with Gasteiger partial charge in [0.15, 0.2) is 0 Å². The fraction of sp³-hybridized carbons (Fsp3) is 0.600. The highest BCUT2D eigenvalue weighted by Gasteiger charge is 2.27. The predicted octanol–water partition coefficient (Wildman–Crippen LogP) is 2.60. The molecular weight excluding hydrogens is 274 g/mol. The molecule has 1 rings (SSSR count). The molecule has 0 heterocycles. The van der Waals surface area contributed by atoms with E-state index in [2.05, 4.69) is 4.72 Å². The highest BCUT2D eigenvalue weighted by molar-refractivity contribution is 7.89. The van der Waals surface area contributed by atoms with Crippen LogP contribution in [0.25, 0.3) is 0 Å². The first kappa shape index (κ1) is 17.1. The van der Waals surface area contributed by atoms with Crippen LogP contribution in [-0.2, 0) is 23.1 Å². The van der Waals surface area contributed by atoms with Gasteiger partial charge in [-0.3, -0.25) is 0 Å². The Bertz CT molecular complexity index is 548. The fourth-order valence-corrected chi connectivity index (χ4v) is 3.64. The van der Waals surface area contributed by atoms with Crippen molar-refractivity contribution >= 4 is 10.0 Å². The molecule has 0 unspecified atom stereocenters. The summed E-state index contributed by atoms with van der Waals surface area (Å²) in [6.07, 6.45) is 2.22. The summed E-state index contributed by atoms with van der Waals surface area (Å²) in [6, 6.07) is 4.94. The minimum Gasteiger partial charge on any atom is -0.392 e. The molecule has 0 aliphatic heterocycles. The smallest absolute Gasteiger partial charge is 0.241 e. The molecule has 0 aliphatic rings. The van der Waals surface area contributed by atoms with E-state index in [0.29, 0.717) is 5.56 Å². The molecule has 0 spiro atoms. The van der Waals surface area contributed by atoms with Crippen LogP contribution in [0.5, 0.6) is 0 Å². The zero-order valence-corrected chi connectivity index (χ0v) is 13.5. The molecule has 0 fully saturated rings. The highest BCUT2D eigenvalue weighted by atomic mass is 32.2. The van der Waals surface area contributed by atoms with Gasteiger partial charge in [0.2, 0.25) is 10.0 Å². The third kappa shape index (κ3) is 3.81. The van der Waals surface area contributed by atoms with E-state index in [4.69, 9.17) is 0 Å². The summed E-state index contributed by atoms with van der Waals surface area (Å²) >= 11 is 0. The van der Waals surface area contributed by atoms with Crippen molar-refractivity contribution in [3.8, 4) is 0 Å². The molecule has 0 saturated heterocycles. The molecule has 0 radical (unpaired) electrons. The number of hydrogen-bond acceptors (Lipinski definition) is 3. The molecule has 114 valence electrons. The van der Waals surface area contributed by atoms with E-state index in [1.165, 1.54) is 0 Å². The minimum atomic E-state index is -3.56. The van der Waals surface area contributed by atoms with E-state index in [9.17, 15) is 13.5 Å². The number of aliphatic hydroxyl groups excluding tert-OH is 1. The second kappa shape index (κ2) is 6.70. The zero-order chi connectivity index (χ0) is 15.4. The molecule has 20 heavy (non-hydrogen) atoms. The number of aryl methyl sites for hydroxylation is 1. The first-order valence-corrected chi connectivity index (χ1v) is 8.56. The maximum atomic E-state index is 12.4. The Balaban J connectivity index is 3.16. The van der Waals surface area contributed by atoms with Gasteiger partial charge >= 0.3 is 0 Å². The van der Waals surface area contributed by atoms with Crippen LogP contribution in [-0.4, -0.2) is 19.1 Å². The van der Waals surface area contributed by atoms with E-state index in [1.54, 1.807) is 18.2 Å². The van der Waals surface area contributed by atoms with Gasteiger partial charge in [-0.25, -0.2) is 13.1 Å². The molecular formula is C15H25NO3S. The van der Waals surface area contributed by atoms with Gasteiger partial charge in [0.05, 0.1) is 11.5 Å². The Morgan fingerprint density at radius 3 is 2.20 bits per heavy atom. The lowest BCUT2D eigenvalue weighted by atomic mass is 9.98. The van der Waals surface area contributed by atoms with Crippen LogP contribution >= 0.6 is 0 Å². The minimum absolute atomic E-state index is 0.147. The molecule has 1 aromatic carbocycles. The van der Waals surface area contributed by atoms with E-state index in [1.807, 2.05) is 27.7 Å². The highest BCUT2D eigenvalue weighted by Crippen LogP contribution is 2.21. The summed E-state index contributed by atoms with van der Waals surface area (Å²) in [5, 5.41) is 9.35. The van der Waals surface area contributed by atoms with Crippen molar-refractivity contribution in [1.82, 2.24) is 4.72 Å². The first-order chi connectivity index (χ1) is 9.31. The van der Waals surface area contributed by atoms with E-state index in [0.717, 1.165) is 24.8 Å². The summed E-state index contributed by atoms with van der Waals surface area (Å²) in [7, 11) is -3.56. The molecule has 0 aromatic heterocycles. The van der Waals surface area contributed by atoms with Crippen LogP contribution in [0.15, 0.2) is 23.1 Å². The Kier molecular flexibility index (Phi) is 5.74. The molecule has 0 aliphatic carbocycles. The van der Waals surface area contributed by atoms with Gasteiger partial charge in [0.25, 0.3) is 0 Å². The number of sulfonamides is 1. The van der Waals surface area contributed by atoms with Crippen molar-refractivity contribution in [3.05, 3.63) is 29.3 Å². The summed E-state index contributed by atoms with van der Waals surface area (Å²) in [4.78, 5) is 0.215. The lowest BCUT2D eigenvalue weighted by molar-refractivity contribution is 0.280. The van der Waals surface area contributed by atoms with Crippen molar-refractivity contribution in [2.24, 2.45) is 0 Å². The number of hydrogen-bond donors (Lipinski definition) is 2. The molecule has 4 nitrogen and oxygen atoms in total. The molecule has 5 heteroatoms. The van der Waals surface area contributed by atoms with Crippen LogP contribution in [0.1, 0.15) is 51.7 Å². The lowest BCUT2D eigenvalue weighted by Gasteiger charge is -2.28. The number of nitrogens with one attached hydrogen (secondary N) is 1. The van der Waals surface area contributed by atoms with Crippen LogP contribution in [0.4, 0.5) is 0 Å². The van der Waals surface area contributed by atoms with Crippen molar-refractivity contribution in [3.63, 3.8) is 0 Å². The normalized spacial score (nSPS) is 12.7. The maximum Gasteiger partial charge on any atom is 0.241 e. The lowest BCUT2D eigenvalue weighted by Crippen LogP contribution is -2.44. The number of rotatable bonds is 7. The van der Waals surface area contributed by atoms with Crippen LogP contribution in [0.2, 0.25) is 0 Å². The third-order valence-corrected chi connectivity index (χ3v) is 5.62. The van der Waals surface area contributed by atoms with Gasteiger partial charge in [-0.2, -0.15) is 0 Å². The van der Waals surface area contributed by atoms with Gasteiger partial charge in [-0.1, -0.05) is 26.8 Å². The molecule has 0 bridgehead atoms. The summed E-state index contributed by atoms with van der Waals surface area (Å²) in [6.45, 7) is 7.66. The van der Waals surface area contributed by atoms with Crippen molar-refractivity contribution in [1.29, 1.82) is 0 Å². The second-order valence-electron chi connectivity index (χ2n) is 5.32. The summed E-state index contributed by atoms with van der Waals surface area (Å²) < 4.78 is 27.6. The van der Waals surface area contributed by atoms with E-state index >= 15 is 0 Å². The topological polar surface area (TPSA) is 66.4 Å². The standard InChI is InChI=1S/C15H25NO3S/c1-5-12-8-9-14(10-13(12)11-17)20(18,19)16-15(4,6-2)7-3/h8-10,16-17H,5-7,11H2,1-4H3. The quantitative estimate of drug-likeness (QED) is 0.813. The van der Waals surface area contributed by atoms with Gasteiger partial charge in [-0.15, -0.1) is 0 Å². The molecule has 2 N–H and O–H groups in total. The monoisotopic (exact) mass is 299 g/mol. The van der Waals surface area contributed by atoms with Crippen LogP contribution in [0.3, 0.4) is 0 Å². The average Bonchev–Trinajstić information content (AvgIpc) is 2.45. The van der Waals surface area contributed by atoms with Crippen LogP contribution < -0.4 is 4.72 Å². The number of aliphatic hydroxyl groups is 1. The van der Waals surface area contributed by atoms with E-state index < -0.39 is 15.6 Å². The Morgan fingerprint density at radius 1 is 1.15 bits per heavy atom. The second-order valence-corrected chi connectivity index (χ2v) is 7.00. The van der Waals surface area contributed by atoms with E-state index in [-0.39, 0.29) is 11.5 Å². The largest absolute Gasteiger partial charge is 0.392 e. The Hall–Kier alpha value is -0.910. The van der Waals surface area contributed by atoms with Crippen molar-refractivity contribution in [2.75, 3.05) is 0 Å². The molecule has 0 amide bonds. The van der Waals surface area contributed by atoms with Gasteiger partial charge in [0.1, 0.15) is 0 Å². The predicted molar refractivity (Wildman–Crippen MR) is 81.1 cm³/mol. The Labute approximate surface area is 122 Å². The summed E-state index contributed by atoms with van der Waals surface area (Å²) in [5.74, 6) is 0. The molecule has 0 atom stereocenters. The maximum absolute atomic E-state index is 12.4. The average molecular weight is 299 g/mol. The summed E-state index contributed by atoms with van der Waals surface area (Å²) in [5.41, 5.74) is 1.20. The Morgan fingerprint density at radius 2 is 1.75 bits per heavy atom. The first-order valence-electron chi connectivity index (χ1n) is 7.08. The van der Waals surface area contributed by atoms with Gasteiger partial charge in [-0.05, 0) is 49.4 Å². The van der Waals surface area contributed by atoms with Gasteiger partial charge in [0, 0.05) is 5.54 Å². The molecule has 0 saturated carbocycles. The zero-order valence-electron chi connectivity index (χ0n) is 12.7. The van der Waals surface area contributed by atoms with Crippen molar-refractivity contribution < 1.29 is 13.5 Å². The van der Waals surface area contributed by atoms with Crippen LogP contribution in [0, 0.1) is 0 Å². The number of benzene rings is 1. The SMILES string of the molecule is CCc1ccc(S(=O)(=O)NC(C)(CC)CC)cc1CO. The fourth-order valence-electron chi connectivity index (χ4n) is 2.04. The third-order valence-electron chi connectivity index (χ3n) is 3.98.